The maximum atomic E-state index is 11.1. The van der Waals surface area contributed by atoms with Crippen molar-refractivity contribution in [2.75, 3.05) is 0 Å². The number of aliphatic carboxylic acids is 1. The molecule has 1 heterocycles. The summed E-state index contributed by atoms with van der Waals surface area (Å²) >= 11 is 0. The summed E-state index contributed by atoms with van der Waals surface area (Å²) < 4.78 is 1.42. The van der Waals surface area contributed by atoms with Gasteiger partial charge in [0.1, 0.15) is 6.04 Å². The van der Waals surface area contributed by atoms with E-state index in [1.54, 1.807) is 13.1 Å². The second-order valence-electron chi connectivity index (χ2n) is 5.02. The van der Waals surface area contributed by atoms with Gasteiger partial charge in [0.15, 0.2) is 0 Å². The lowest BCUT2D eigenvalue weighted by molar-refractivity contribution is -0.140. The number of carboxylic acid groups (broad SMARTS) is 1. The first-order chi connectivity index (χ1) is 10.7. The smallest absolute Gasteiger partial charge is 0.328 e. The van der Waals surface area contributed by atoms with Crippen LogP contribution in [0.3, 0.4) is 0 Å². The Morgan fingerprint density at radius 3 is 2.23 bits per heavy atom. The van der Waals surface area contributed by atoms with Gasteiger partial charge >= 0.3 is 5.97 Å². The molecule has 5 nitrogen and oxygen atoms in total. The minimum atomic E-state index is -0.937. The van der Waals surface area contributed by atoms with Gasteiger partial charge < -0.3 is 5.11 Å². The van der Waals surface area contributed by atoms with E-state index in [0.717, 1.165) is 16.7 Å². The van der Waals surface area contributed by atoms with Gasteiger partial charge in [0.05, 0.1) is 11.9 Å². The number of aromatic nitrogens is 3. The molecule has 0 spiro atoms. The SMILES string of the molecule is CC(C(=O)O)n1nncc1-c1ccc(-c2ccccc2)cc1. The van der Waals surface area contributed by atoms with Crippen LogP contribution >= 0.6 is 0 Å². The lowest BCUT2D eigenvalue weighted by Gasteiger charge is -2.10. The summed E-state index contributed by atoms with van der Waals surface area (Å²) in [6.45, 7) is 1.58. The number of hydrogen-bond acceptors (Lipinski definition) is 3. The summed E-state index contributed by atoms with van der Waals surface area (Å²) in [6, 6.07) is 17.2. The fourth-order valence-corrected chi connectivity index (χ4v) is 2.31. The summed E-state index contributed by atoms with van der Waals surface area (Å²) in [5, 5.41) is 16.8. The Hall–Kier alpha value is -2.95. The molecule has 0 saturated heterocycles. The predicted octanol–water partition coefficient (Wildman–Crippen LogP) is 3.26. The zero-order chi connectivity index (χ0) is 15.5. The Kier molecular flexibility index (Phi) is 3.70. The van der Waals surface area contributed by atoms with Crippen molar-refractivity contribution in [3.05, 3.63) is 60.8 Å². The van der Waals surface area contributed by atoms with E-state index in [4.69, 9.17) is 5.11 Å². The van der Waals surface area contributed by atoms with Crippen LogP contribution in [0.4, 0.5) is 0 Å². The normalized spacial score (nSPS) is 12.0. The van der Waals surface area contributed by atoms with Crippen molar-refractivity contribution < 1.29 is 9.90 Å². The topological polar surface area (TPSA) is 68.0 Å². The minimum Gasteiger partial charge on any atom is -0.480 e. The third-order valence-electron chi connectivity index (χ3n) is 3.59. The van der Waals surface area contributed by atoms with E-state index >= 15 is 0 Å². The van der Waals surface area contributed by atoms with E-state index in [1.165, 1.54) is 4.68 Å². The van der Waals surface area contributed by atoms with Gasteiger partial charge in [0.25, 0.3) is 0 Å². The standard InChI is InChI=1S/C17H15N3O2/c1-12(17(21)22)20-16(11-18-19-20)15-9-7-14(8-10-15)13-5-3-2-4-6-13/h2-12H,1H3,(H,21,22). The molecule has 110 valence electrons. The maximum absolute atomic E-state index is 11.1. The van der Waals surface area contributed by atoms with Crippen molar-refractivity contribution in [3.8, 4) is 22.4 Å². The van der Waals surface area contributed by atoms with Crippen LogP contribution in [-0.2, 0) is 4.79 Å². The van der Waals surface area contributed by atoms with Crippen molar-refractivity contribution in [3.63, 3.8) is 0 Å². The first kappa shape index (κ1) is 14.0. The Bertz CT molecular complexity index is 779. The highest BCUT2D eigenvalue weighted by Gasteiger charge is 2.18. The van der Waals surface area contributed by atoms with E-state index in [1.807, 2.05) is 54.6 Å². The number of nitrogens with zero attached hydrogens (tertiary/aromatic N) is 3. The molecule has 1 aromatic heterocycles. The fraction of sp³-hybridized carbons (Fsp3) is 0.118. The van der Waals surface area contributed by atoms with Gasteiger partial charge in [0, 0.05) is 5.56 Å². The van der Waals surface area contributed by atoms with Crippen molar-refractivity contribution in [2.45, 2.75) is 13.0 Å². The van der Waals surface area contributed by atoms with Gasteiger partial charge in [-0.2, -0.15) is 0 Å². The average Bonchev–Trinajstić information content (AvgIpc) is 3.04. The highest BCUT2D eigenvalue weighted by atomic mass is 16.4. The lowest BCUT2D eigenvalue weighted by atomic mass is 10.0. The molecule has 0 saturated carbocycles. The van der Waals surface area contributed by atoms with E-state index in [-0.39, 0.29) is 0 Å². The summed E-state index contributed by atoms with van der Waals surface area (Å²) in [5.74, 6) is -0.937. The van der Waals surface area contributed by atoms with Gasteiger partial charge in [-0.15, -0.1) is 5.10 Å². The highest BCUT2D eigenvalue weighted by Crippen LogP contribution is 2.25. The molecule has 3 aromatic rings. The molecule has 0 aliphatic heterocycles. The predicted molar refractivity (Wildman–Crippen MR) is 83.2 cm³/mol. The van der Waals surface area contributed by atoms with Crippen molar-refractivity contribution >= 4 is 5.97 Å². The quantitative estimate of drug-likeness (QED) is 0.801. The molecule has 2 aromatic carbocycles. The van der Waals surface area contributed by atoms with Crippen LogP contribution in [-0.4, -0.2) is 26.1 Å². The molecule has 5 heteroatoms. The molecule has 1 N–H and O–H groups in total. The van der Waals surface area contributed by atoms with Crippen molar-refractivity contribution in [2.24, 2.45) is 0 Å². The van der Waals surface area contributed by atoms with Gasteiger partial charge in [-0.3, -0.25) is 0 Å². The van der Waals surface area contributed by atoms with Crippen LogP contribution in [0.2, 0.25) is 0 Å². The summed E-state index contributed by atoms with van der Waals surface area (Å²) in [4.78, 5) is 11.1. The third-order valence-corrected chi connectivity index (χ3v) is 3.59. The molecule has 0 aliphatic rings. The van der Waals surface area contributed by atoms with Crippen LogP contribution in [0.15, 0.2) is 60.8 Å². The van der Waals surface area contributed by atoms with Crippen LogP contribution in [0.1, 0.15) is 13.0 Å². The number of benzene rings is 2. The highest BCUT2D eigenvalue weighted by molar-refractivity contribution is 5.73. The van der Waals surface area contributed by atoms with Gasteiger partial charge in [-0.1, -0.05) is 59.8 Å². The molecular formula is C17H15N3O2. The second kappa shape index (κ2) is 5.81. The van der Waals surface area contributed by atoms with Crippen LogP contribution in [0.25, 0.3) is 22.4 Å². The molecule has 22 heavy (non-hydrogen) atoms. The second-order valence-corrected chi connectivity index (χ2v) is 5.02. The number of hydrogen-bond donors (Lipinski definition) is 1. The van der Waals surface area contributed by atoms with Crippen LogP contribution in [0, 0.1) is 0 Å². The molecular weight excluding hydrogens is 278 g/mol. The molecule has 0 bridgehead atoms. The molecule has 0 radical (unpaired) electrons. The minimum absolute atomic E-state index is 0.689. The van der Waals surface area contributed by atoms with E-state index in [0.29, 0.717) is 5.69 Å². The third kappa shape index (κ3) is 2.61. The molecule has 0 fully saturated rings. The van der Waals surface area contributed by atoms with Gasteiger partial charge in [-0.05, 0) is 18.1 Å². The van der Waals surface area contributed by atoms with Gasteiger partial charge in [-0.25, -0.2) is 9.48 Å². The molecule has 0 aliphatic carbocycles. The van der Waals surface area contributed by atoms with Gasteiger partial charge in [0.2, 0.25) is 0 Å². The molecule has 1 unspecified atom stereocenters. The molecule has 0 amide bonds. The van der Waals surface area contributed by atoms with E-state index in [9.17, 15) is 4.79 Å². The average molecular weight is 293 g/mol. The summed E-state index contributed by atoms with van der Waals surface area (Å²) in [7, 11) is 0. The number of rotatable bonds is 4. The monoisotopic (exact) mass is 293 g/mol. The number of carbonyl (C=O) groups is 1. The first-order valence-corrected chi connectivity index (χ1v) is 6.95. The van der Waals surface area contributed by atoms with Crippen molar-refractivity contribution in [1.82, 2.24) is 15.0 Å². The zero-order valence-electron chi connectivity index (χ0n) is 12.0. The largest absolute Gasteiger partial charge is 0.480 e. The van der Waals surface area contributed by atoms with Crippen LogP contribution < -0.4 is 0 Å². The Labute approximate surface area is 127 Å². The van der Waals surface area contributed by atoms with Crippen molar-refractivity contribution in [1.29, 1.82) is 0 Å². The maximum Gasteiger partial charge on any atom is 0.328 e. The Morgan fingerprint density at radius 1 is 1.00 bits per heavy atom. The summed E-state index contributed by atoms with van der Waals surface area (Å²) in [6.07, 6.45) is 1.58. The summed E-state index contributed by atoms with van der Waals surface area (Å²) in [5.41, 5.74) is 3.82. The Balaban J connectivity index is 1.94. The molecule has 1 atom stereocenters. The Morgan fingerprint density at radius 2 is 1.59 bits per heavy atom. The molecule has 3 rings (SSSR count). The van der Waals surface area contributed by atoms with E-state index < -0.39 is 12.0 Å². The first-order valence-electron chi connectivity index (χ1n) is 6.95. The zero-order valence-corrected chi connectivity index (χ0v) is 12.0. The van der Waals surface area contributed by atoms with Crippen LogP contribution in [0.5, 0.6) is 0 Å². The fourth-order valence-electron chi connectivity index (χ4n) is 2.31. The number of carboxylic acids is 1. The lowest BCUT2D eigenvalue weighted by Crippen LogP contribution is -2.17. The van der Waals surface area contributed by atoms with E-state index in [2.05, 4.69) is 10.3 Å².